The van der Waals surface area contributed by atoms with Crippen molar-refractivity contribution < 1.29 is 44.8 Å². The molecule has 19 heavy (non-hydrogen) atoms. The first-order valence-corrected chi connectivity index (χ1v) is 5.89. The highest BCUT2D eigenvalue weighted by molar-refractivity contribution is 4.88. The van der Waals surface area contributed by atoms with E-state index in [1.54, 1.807) is 0 Å². The van der Waals surface area contributed by atoms with Gasteiger partial charge in [-0.1, -0.05) is 0 Å². The molecule has 0 radical (unpaired) electrons. The highest BCUT2D eigenvalue weighted by Gasteiger charge is 2.46. The second-order valence-corrected chi connectivity index (χ2v) is 4.59. The van der Waals surface area contributed by atoms with E-state index in [1.807, 2.05) is 0 Å². The van der Waals surface area contributed by atoms with Crippen molar-refractivity contribution in [2.45, 2.75) is 49.2 Å². The van der Waals surface area contributed by atoms with E-state index in [4.69, 9.17) is 24.4 Å². The molecule has 9 heteroatoms. The molecule has 6 N–H and O–H groups in total. The van der Waals surface area contributed by atoms with Crippen LogP contribution in [0.1, 0.15) is 0 Å². The predicted octanol–water partition coefficient (Wildman–Crippen LogP) is -4.12. The topological polar surface area (TPSA) is 149 Å². The summed E-state index contributed by atoms with van der Waals surface area (Å²) in [5.74, 6) is 0. The Morgan fingerprint density at radius 3 is 1.89 bits per heavy atom. The van der Waals surface area contributed by atoms with E-state index in [0.717, 1.165) is 0 Å². The summed E-state index contributed by atoms with van der Waals surface area (Å²) in [5, 5.41) is 55.9. The number of rotatable bonds is 4. The van der Waals surface area contributed by atoms with E-state index in [2.05, 4.69) is 0 Å². The Kier molecular flexibility index (Phi) is 4.71. The minimum atomic E-state index is -1.51. The molecule has 2 fully saturated rings. The van der Waals surface area contributed by atoms with Gasteiger partial charge in [0.15, 0.2) is 12.6 Å². The minimum Gasteiger partial charge on any atom is -0.394 e. The van der Waals surface area contributed by atoms with E-state index in [1.165, 1.54) is 0 Å². The zero-order valence-corrected chi connectivity index (χ0v) is 9.94. The van der Waals surface area contributed by atoms with Gasteiger partial charge in [0, 0.05) is 0 Å². The third-order valence-electron chi connectivity index (χ3n) is 3.26. The van der Waals surface area contributed by atoms with Crippen LogP contribution in [0.25, 0.3) is 0 Å². The van der Waals surface area contributed by atoms with Crippen LogP contribution in [0.5, 0.6) is 0 Å². The standard InChI is InChI=1S/C10H18O9/c11-1-3-5(12)8(15)10(19-3)17-2-4-6(13)7(14)9(16)18-4/h3-16H,1-2H2/t3-,4-,5-,6-,7+,8+,9-,10-/m0/s1. The molecule has 0 amide bonds. The van der Waals surface area contributed by atoms with Crippen LogP contribution in [-0.2, 0) is 14.2 Å². The summed E-state index contributed by atoms with van der Waals surface area (Å²) < 4.78 is 15.0. The SMILES string of the molecule is OC[C@@H]1O[C@H](OC[C@@H]2O[C@H](O)[C@H](O)[C@H]2O)[C@H](O)[C@H]1O. The van der Waals surface area contributed by atoms with Crippen LogP contribution in [0.4, 0.5) is 0 Å². The second kappa shape index (κ2) is 5.95. The van der Waals surface area contributed by atoms with E-state index >= 15 is 0 Å². The third-order valence-corrected chi connectivity index (χ3v) is 3.26. The summed E-state index contributed by atoms with van der Waals surface area (Å²) in [6.45, 7) is -0.736. The lowest BCUT2D eigenvalue weighted by molar-refractivity contribution is -0.197. The molecule has 2 aliphatic rings. The first-order chi connectivity index (χ1) is 8.95. The molecular formula is C10H18O9. The van der Waals surface area contributed by atoms with Crippen molar-refractivity contribution in [1.29, 1.82) is 0 Å². The van der Waals surface area contributed by atoms with Crippen LogP contribution in [0.2, 0.25) is 0 Å². The van der Waals surface area contributed by atoms with Crippen molar-refractivity contribution in [2.24, 2.45) is 0 Å². The first kappa shape index (κ1) is 15.0. The molecule has 0 aliphatic carbocycles. The van der Waals surface area contributed by atoms with Gasteiger partial charge in [0.1, 0.15) is 36.6 Å². The van der Waals surface area contributed by atoms with Gasteiger partial charge < -0.3 is 44.8 Å². The van der Waals surface area contributed by atoms with Crippen molar-refractivity contribution in [3.8, 4) is 0 Å². The zero-order chi connectivity index (χ0) is 14.2. The van der Waals surface area contributed by atoms with Gasteiger partial charge >= 0.3 is 0 Å². The molecule has 0 aromatic rings. The van der Waals surface area contributed by atoms with Crippen LogP contribution in [0.3, 0.4) is 0 Å². The molecule has 0 bridgehead atoms. The van der Waals surface area contributed by atoms with Gasteiger partial charge in [-0.2, -0.15) is 0 Å². The fourth-order valence-electron chi connectivity index (χ4n) is 2.06. The van der Waals surface area contributed by atoms with Crippen molar-refractivity contribution in [1.82, 2.24) is 0 Å². The number of ether oxygens (including phenoxy) is 3. The molecule has 2 aliphatic heterocycles. The molecule has 0 spiro atoms. The molecule has 0 unspecified atom stereocenters. The number of hydrogen-bond donors (Lipinski definition) is 6. The average molecular weight is 282 g/mol. The zero-order valence-electron chi connectivity index (χ0n) is 9.94. The van der Waals surface area contributed by atoms with E-state index < -0.39 is 55.8 Å². The molecule has 9 nitrogen and oxygen atoms in total. The largest absolute Gasteiger partial charge is 0.394 e. The fourth-order valence-corrected chi connectivity index (χ4v) is 2.06. The molecule has 2 heterocycles. The van der Waals surface area contributed by atoms with Crippen molar-refractivity contribution in [3.05, 3.63) is 0 Å². The average Bonchev–Trinajstić information content (AvgIpc) is 2.81. The summed E-state index contributed by atoms with van der Waals surface area (Å²) >= 11 is 0. The molecule has 2 rings (SSSR count). The van der Waals surface area contributed by atoms with E-state index in [-0.39, 0.29) is 6.61 Å². The van der Waals surface area contributed by atoms with Gasteiger partial charge in [-0.25, -0.2) is 0 Å². The molecule has 8 atom stereocenters. The highest BCUT2D eigenvalue weighted by atomic mass is 16.7. The van der Waals surface area contributed by atoms with Crippen LogP contribution < -0.4 is 0 Å². The molecule has 112 valence electrons. The molecule has 0 aromatic carbocycles. The first-order valence-electron chi connectivity index (χ1n) is 5.89. The number of aliphatic hydroxyl groups excluding tert-OH is 6. The van der Waals surface area contributed by atoms with Gasteiger partial charge in [-0.3, -0.25) is 0 Å². The van der Waals surface area contributed by atoms with Gasteiger partial charge in [0.05, 0.1) is 13.2 Å². The van der Waals surface area contributed by atoms with Crippen LogP contribution in [0.15, 0.2) is 0 Å². The van der Waals surface area contributed by atoms with Gasteiger partial charge in [-0.15, -0.1) is 0 Å². The van der Waals surface area contributed by atoms with Crippen LogP contribution in [-0.4, -0.2) is 93.1 Å². The lowest BCUT2D eigenvalue weighted by Crippen LogP contribution is -2.38. The molecule has 0 aromatic heterocycles. The highest BCUT2D eigenvalue weighted by Crippen LogP contribution is 2.24. The van der Waals surface area contributed by atoms with Crippen LogP contribution >= 0.6 is 0 Å². The van der Waals surface area contributed by atoms with Crippen molar-refractivity contribution in [2.75, 3.05) is 13.2 Å². The van der Waals surface area contributed by atoms with Gasteiger partial charge in [0.25, 0.3) is 0 Å². The lowest BCUT2D eigenvalue weighted by Gasteiger charge is -2.19. The quantitative estimate of drug-likeness (QED) is 0.302. The minimum absolute atomic E-state index is 0.262. The monoisotopic (exact) mass is 282 g/mol. The summed E-state index contributed by atoms with van der Waals surface area (Å²) in [5.41, 5.74) is 0. The van der Waals surface area contributed by atoms with E-state index in [9.17, 15) is 20.4 Å². The summed E-state index contributed by atoms with van der Waals surface area (Å²) in [4.78, 5) is 0. The second-order valence-electron chi connectivity index (χ2n) is 4.59. The number of aliphatic hydroxyl groups is 6. The van der Waals surface area contributed by atoms with Crippen molar-refractivity contribution in [3.63, 3.8) is 0 Å². The Labute approximate surface area is 108 Å². The Morgan fingerprint density at radius 1 is 0.789 bits per heavy atom. The van der Waals surface area contributed by atoms with Crippen molar-refractivity contribution >= 4 is 0 Å². The Balaban J connectivity index is 1.83. The Bertz CT molecular complexity index is 301. The maximum absolute atomic E-state index is 9.59. The normalized spacial score (nSPS) is 50.8. The summed E-state index contributed by atoms with van der Waals surface area (Å²) in [7, 11) is 0. The summed E-state index contributed by atoms with van der Waals surface area (Å²) in [6.07, 6.45) is -10.00. The van der Waals surface area contributed by atoms with Crippen LogP contribution in [0, 0.1) is 0 Å². The molecule has 2 saturated heterocycles. The Hall–Kier alpha value is -0.360. The third kappa shape index (κ3) is 2.89. The smallest absolute Gasteiger partial charge is 0.186 e. The number of hydrogen-bond acceptors (Lipinski definition) is 9. The maximum atomic E-state index is 9.59. The summed E-state index contributed by atoms with van der Waals surface area (Å²) in [6, 6.07) is 0. The fraction of sp³-hybridized carbons (Fsp3) is 1.00. The molecule has 0 saturated carbocycles. The predicted molar refractivity (Wildman–Crippen MR) is 56.6 cm³/mol. The van der Waals surface area contributed by atoms with Gasteiger partial charge in [0.2, 0.25) is 0 Å². The van der Waals surface area contributed by atoms with Gasteiger partial charge in [-0.05, 0) is 0 Å². The Morgan fingerprint density at radius 2 is 1.42 bits per heavy atom. The van der Waals surface area contributed by atoms with E-state index in [0.29, 0.717) is 0 Å². The maximum Gasteiger partial charge on any atom is 0.186 e. The molecular weight excluding hydrogens is 264 g/mol. The lowest BCUT2D eigenvalue weighted by atomic mass is 10.1.